The smallest absolute Gasteiger partial charge is 0.414 e. The molecule has 1 aromatic heterocycles. The Morgan fingerprint density at radius 2 is 1.69 bits per heavy atom. The monoisotopic (exact) mass is 502 g/mol. The molecule has 36 heavy (non-hydrogen) atoms. The highest BCUT2D eigenvalue weighted by atomic mass is 35.5. The van der Waals surface area contributed by atoms with E-state index >= 15 is 0 Å². The minimum Gasteiger partial charge on any atom is -0.444 e. The molecule has 4 aromatic rings. The van der Waals surface area contributed by atoms with Crippen molar-refractivity contribution in [3.63, 3.8) is 0 Å². The zero-order valence-corrected chi connectivity index (χ0v) is 21.1. The molecule has 0 bridgehead atoms. The van der Waals surface area contributed by atoms with Crippen molar-refractivity contribution >= 4 is 29.9 Å². The summed E-state index contributed by atoms with van der Waals surface area (Å²) >= 11 is 6.12. The number of hydrogen-bond acceptors (Lipinski definition) is 5. The molecule has 0 fully saturated rings. The molecule has 0 saturated heterocycles. The van der Waals surface area contributed by atoms with E-state index in [4.69, 9.17) is 16.3 Å². The molecular formula is C28H27ClN4O3. The second-order valence-electron chi connectivity index (χ2n) is 8.70. The number of carbonyl (C=O) groups excluding carboxylic acids is 2. The largest absolute Gasteiger partial charge is 0.444 e. The number of benzene rings is 3. The summed E-state index contributed by atoms with van der Waals surface area (Å²) in [7, 11) is 0. The molecule has 0 aliphatic rings. The van der Waals surface area contributed by atoms with E-state index < -0.39 is 11.5 Å². The van der Waals surface area contributed by atoms with Crippen LogP contribution in [0.1, 0.15) is 37.2 Å². The fraction of sp³-hybridized carbons (Fsp3) is 0.214. The number of hydrogen-bond donors (Lipinski definition) is 1. The fourth-order valence-corrected chi connectivity index (χ4v) is 3.95. The molecule has 3 aromatic carbocycles. The second kappa shape index (κ2) is 10.7. The third kappa shape index (κ3) is 5.47. The number of aromatic nitrogens is 3. The molecular weight excluding hydrogens is 476 g/mol. The molecule has 0 aliphatic heterocycles. The first kappa shape index (κ1) is 25.1. The Kier molecular flexibility index (Phi) is 7.50. The van der Waals surface area contributed by atoms with E-state index in [9.17, 15) is 9.59 Å². The van der Waals surface area contributed by atoms with Crippen molar-refractivity contribution in [2.75, 3.05) is 5.32 Å². The number of aldehydes is 1. The maximum Gasteiger partial charge on any atom is 0.414 e. The first-order valence-electron chi connectivity index (χ1n) is 11.6. The lowest BCUT2D eigenvalue weighted by molar-refractivity contribution is -0.112. The molecule has 184 valence electrons. The maximum absolute atomic E-state index is 12.4. The number of aryl methyl sites for hydroxylation is 1. The van der Waals surface area contributed by atoms with Crippen LogP contribution in [-0.4, -0.2) is 27.1 Å². The van der Waals surface area contributed by atoms with Crippen LogP contribution >= 0.6 is 11.6 Å². The van der Waals surface area contributed by atoms with Crippen LogP contribution in [0.25, 0.3) is 16.8 Å². The summed E-state index contributed by atoms with van der Waals surface area (Å²) in [6.45, 7) is 5.74. The van der Waals surface area contributed by atoms with Gasteiger partial charge >= 0.3 is 6.09 Å². The van der Waals surface area contributed by atoms with Gasteiger partial charge in [-0.2, -0.15) is 9.67 Å². The summed E-state index contributed by atoms with van der Waals surface area (Å²) in [5, 5.41) is 7.59. The van der Waals surface area contributed by atoms with Gasteiger partial charge in [0, 0.05) is 16.0 Å². The molecule has 0 aliphatic carbocycles. The number of rotatable bonds is 8. The predicted octanol–water partition coefficient (Wildman–Crippen LogP) is 6.51. The van der Waals surface area contributed by atoms with Crippen molar-refractivity contribution in [1.29, 1.82) is 0 Å². The van der Waals surface area contributed by atoms with Crippen LogP contribution in [0.3, 0.4) is 0 Å². The quantitative estimate of drug-likeness (QED) is 0.277. The van der Waals surface area contributed by atoms with Gasteiger partial charge in [0.2, 0.25) is 5.95 Å². The molecule has 1 atom stereocenters. The number of nitrogens with one attached hydrogen (secondary N) is 1. The maximum atomic E-state index is 12.4. The lowest BCUT2D eigenvalue weighted by Gasteiger charge is -2.21. The zero-order valence-electron chi connectivity index (χ0n) is 20.4. The van der Waals surface area contributed by atoms with E-state index in [2.05, 4.69) is 15.4 Å². The van der Waals surface area contributed by atoms with Crippen molar-refractivity contribution in [3.05, 3.63) is 94.8 Å². The molecule has 7 nitrogen and oxygen atoms in total. The van der Waals surface area contributed by atoms with Gasteiger partial charge in [-0.15, -0.1) is 5.10 Å². The average molecular weight is 503 g/mol. The van der Waals surface area contributed by atoms with Crippen molar-refractivity contribution in [2.45, 2.75) is 39.2 Å². The number of anilines is 1. The average Bonchev–Trinajstić information content (AvgIpc) is 3.27. The van der Waals surface area contributed by atoms with Gasteiger partial charge in [-0.25, -0.2) is 4.79 Å². The number of halogens is 1. The minimum absolute atomic E-state index is 0.0381. The molecule has 0 radical (unpaired) electrons. The number of nitrogens with zero attached hydrogens (tertiary/aromatic N) is 3. The van der Waals surface area contributed by atoms with E-state index in [1.54, 1.807) is 23.7 Å². The lowest BCUT2D eigenvalue weighted by atomic mass is 9.81. The summed E-state index contributed by atoms with van der Waals surface area (Å²) < 4.78 is 6.85. The van der Waals surface area contributed by atoms with Crippen LogP contribution in [0.5, 0.6) is 0 Å². The van der Waals surface area contributed by atoms with Crippen LogP contribution in [0.4, 0.5) is 10.7 Å². The van der Waals surface area contributed by atoms with Crippen molar-refractivity contribution in [1.82, 2.24) is 14.8 Å². The predicted molar refractivity (Wildman–Crippen MR) is 140 cm³/mol. The van der Waals surface area contributed by atoms with Gasteiger partial charge in [-0.3, -0.25) is 5.32 Å². The Bertz CT molecular complexity index is 1370. The standard InChI is InChI=1S/C28H27ClN4O3/c1-4-28(3,18-34)23-13-9-20(10-14-23)21-11-15-24(16-12-21)33-26(30-19(2)32-33)31-27(35)36-17-22-7-5-6-8-25(22)29/h5-16,18H,4,17H2,1-3H3,(H,30,31,32,35). The zero-order chi connectivity index (χ0) is 25.7. The van der Waals surface area contributed by atoms with E-state index in [-0.39, 0.29) is 12.6 Å². The molecule has 8 heteroatoms. The van der Waals surface area contributed by atoms with E-state index in [0.29, 0.717) is 16.4 Å². The van der Waals surface area contributed by atoms with Gasteiger partial charge < -0.3 is 9.53 Å². The molecule has 1 heterocycles. The Hall–Kier alpha value is -3.97. The highest BCUT2D eigenvalue weighted by Gasteiger charge is 2.23. The Balaban J connectivity index is 1.48. The van der Waals surface area contributed by atoms with Crippen LogP contribution in [-0.2, 0) is 21.6 Å². The number of amides is 1. The van der Waals surface area contributed by atoms with Crippen molar-refractivity contribution in [2.24, 2.45) is 0 Å². The van der Waals surface area contributed by atoms with Crippen LogP contribution in [0.2, 0.25) is 5.02 Å². The van der Waals surface area contributed by atoms with Gasteiger partial charge in [0.25, 0.3) is 0 Å². The first-order chi connectivity index (χ1) is 17.3. The Labute approximate surface area is 215 Å². The molecule has 4 rings (SSSR count). The molecule has 1 amide bonds. The van der Waals surface area contributed by atoms with Gasteiger partial charge in [0.1, 0.15) is 18.7 Å². The van der Waals surface area contributed by atoms with Gasteiger partial charge in [0.05, 0.1) is 5.69 Å². The fourth-order valence-electron chi connectivity index (χ4n) is 3.76. The Morgan fingerprint density at radius 3 is 2.31 bits per heavy atom. The summed E-state index contributed by atoms with van der Waals surface area (Å²) in [6.07, 6.45) is 1.09. The third-order valence-corrected chi connectivity index (χ3v) is 6.60. The highest BCUT2D eigenvalue weighted by Crippen LogP contribution is 2.28. The van der Waals surface area contributed by atoms with Gasteiger partial charge in [-0.1, -0.05) is 73.1 Å². The summed E-state index contributed by atoms with van der Waals surface area (Å²) in [4.78, 5) is 28.2. The van der Waals surface area contributed by atoms with Crippen molar-refractivity contribution < 1.29 is 14.3 Å². The number of ether oxygens (including phenoxy) is 1. The van der Waals surface area contributed by atoms with Crippen molar-refractivity contribution in [3.8, 4) is 16.8 Å². The van der Waals surface area contributed by atoms with Crippen LogP contribution in [0, 0.1) is 6.92 Å². The van der Waals surface area contributed by atoms with E-state index in [1.807, 2.05) is 74.5 Å². The molecule has 0 saturated carbocycles. The van der Waals surface area contributed by atoms with E-state index in [1.165, 1.54) is 0 Å². The highest BCUT2D eigenvalue weighted by molar-refractivity contribution is 6.31. The second-order valence-corrected chi connectivity index (χ2v) is 9.11. The number of carbonyl (C=O) groups is 2. The third-order valence-electron chi connectivity index (χ3n) is 6.23. The molecule has 1 N–H and O–H groups in total. The normalized spacial score (nSPS) is 12.6. The lowest BCUT2D eigenvalue weighted by Crippen LogP contribution is -2.22. The minimum atomic E-state index is -0.658. The van der Waals surface area contributed by atoms with E-state index in [0.717, 1.165) is 35.1 Å². The summed E-state index contributed by atoms with van der Waals surface area (Å²) in [6, 6.07) is 23.0. The SMILES string of the molecule is CCC(C)(C=O)c1ccc(-c2ccc(-n3nc(C)nc3NC(=O)OCc3ccccc3Cl)cc2)cc1. The summed E-state index contributed by atoms with van der Waals surface area (Å²) in [5.74, 6) is 0.756. The summed E-state index contributed by atoms with van der Waals surface area (Å²) in [5.41, 5.74) is 4.00. The van der Waals surface area contributed by atoms with Gasteiger partial charge in [-0.05, 0) is 55.2 Å². The molecule has 1 unspecified atom stereocenters. The van der Waals surface area contributed by atoms with Gasteiger partial charge in [0.15, 0.2) is 0 Å². The van der Waals surface area contributed by atoms with Crippen LogP contribution in [0.15, 0.2) is 72.8 Å². The Morgan fingerprint density at radius 1 is 1.06 bits per heavy atom. The topological polar surface area (TPSA) is 86.1 Å². The van der Waals surface area contributed by atoms with Crippen LogP contribution < -0.4 is 5.32 Å². The molecule has 0 spiro atoms. The first-order valence-corrected chi connectivity index (χ1v) is 12.0.